The zero-order chi connectivity index (χ0) is 47.1. The van der Waals surface area contributed by atoms with Crippen molar-refractivity contribution in [1.29, 1.82) is 0 Å². The Labute approximate surface area is 366 Å². The molecule has 3 saturated heterocycles. The molecule has 0 bridgehead atoms. The van der Waals surface area contributed by atoms with Crippen molar-refractivity contribution in [2.45, 2.75) is 73.6 Å². The van der Waals surface area contributed by atoms with E-state index in [4.69, 9.17) is 66.7 Å². The highest BCUT2D eigenvalue weighted by Crippen LogP contribution is 2.50. The number of phosphoric ester groups is 2. The molecule has 0 amide bonds. The van der Waals surface area contributed by atoms with Crippen LogP contribution in [0, 0.1) is 0 Å². The van der Waals surface area contributed by atoms with Crippen LogP contribution in [-0.2, 0) is 41.4 Å². The van der Waals surface area contributed by atoms with Gasteiger partial charge < -0.3 is 102 Å². The van der Waals surface area contributed by atoms with Crippen molar-refractivity contribution >= 4 is 84.4 Å². The number of nitrogens with two attached hydrogens (primary N) is 6. The van der Waals surface area contributed by atoms with E-state index in [0.717, 1.165) is 32.7 Å². The van der Waals surface area contributed by atoms with Gasteiger partial charge in [-0.1, -0.05) is 0 Å². The minimum Gasteiger partial charge on any atom is -0.756 e. The molecule has 6 aromatic rings. The van der Waals surface area contributed by atoms with Crippen LogP contribution in [-0.4, -0.2) is 159 Å². The van der Waals surface area contributed by atoms with Crippen LogP contribution >= 0.6 is 15.6 Å². The van der Waals surface area contributed by atoms with Crippen LogP contribution in [0.15, 0.2) is 19.0 Å². The van der Waals surface area contributed by atoms with Gasteiger partial charge >= 0.3 is 0 Å². The molecule has 66 heavy (non-hydrogen) atoms. The molecule has 6 aromatic heterocycles. The third-order valence-corrected chi connectivity index (χ3v) is 12.7. The fourth-order valence-electron chi connectivity index (χ4n) is 7.72. The summed E-state index contributed by atoms with van der Waals surface area (Å²) in [7, 11) is -11.3. The predicted molar refractivity (Wildman–Crippen MR) is 212 cm³/mol. The Bertz CT molecular complexity index is 2910. The fraction of sp³-hybridized carbons (Fsp3) is 0.500. The Kier molecular flexibility index (Phi) is 11.7. The molecule has 14 atom stereocenters. The number of anilines is 6. The van der Waals surface area contributed by atoms with Crippen molar-refractivity contribution in [3.63, 3.8) is 0 Å². The lowest BCUT2D eigenvalue weighted by molar-refractivity contribution is -0.238. The van der Waals surface area contributed by atoms with Gasteiger partial charge in [0.25, 0.3) is 15.6 Å². The Morgan fingerprint density at radius 2 is 0.894 bits per heavy atom. The van der Waals surface area contributed by atoms with Gasteiger partial charge in [-0.3, -0.25) is 22.8 Å². The number of nitrogens with zero attached hydrogens (tertiary/aromatic N) is 12. The highest BCUT2D eigenvalue weighted by molar-refractivity contribution is 7.46. The number of rotatable bonds is 14. The summed E-state index contributed by atoms with van der Waals surface area (Å²) in [6.07, 6.45) is -18.0. The highest BCUT2D eigenvalue weighted by atomic mass is 31.2. The molecule has 34 nitrogen and oxygen atoms in total. The van der Waals surface area contributed by atoms with E-state index in [-0.39, 0.29) is 62.8 Å². The lowest BCUT2D eigenvalue weighted by atomic mass is 10.1. The van der Waals surface area contributed by atoms with Crippen molar-refractivity contribution in [2.24, 2.45) is 0 Å². The van der Waals surface area contributed by atoms with E-state index in [1.165, 1.54) is 0 Å². The number of aromatic nitrogens is 12. The average Bonchev–Trinajstić information content (AvgIpc) is 4.09. The van der Waals surface area contributed by atoms with Crippen molar-refractivity contribution in [3.05, 3.63) is 19.0 Å². The van der Waals surface area contributed by atoms with Gasteiger partial charge in [-0.2, -0.15) is 0 Å². The molecule has 0 aromatic carbocycles. The Morgan fingerprint density at radius 3 is 1.30 bits per heavy atom. The summed E-state index contributed by atoms with van der Waals surface area (Å²) in [5, 5.41) is 54.2. The van der Waals surface area contributed by atoms with Crippen LogP contribution in [0.25, 0.3) is 33.5 Å². The largest absolute Gasteiger partial charge is 0.756 e. The van der Waals surface area contributed by atoms with E-state index < -0.39 is 115 Å². The SMILES string of the molecule is Nc1ncnc2c1nc(N)n2C1OC(COP(=O)([O-])OC2C(O)C(COP(=O)([O-])OC3C(O)C(CO)OC3n3c(N)nc4c(N)ncnc43)OC2n2c(N)nc3c(N)ncnc32)C(O)C1O. The monoisotopic (exact) mass is 968 g/mol. The molecule has 3 fully saturated rings. The highest BCUT2D eigenvalue weighted by Gasteiger charge is 2.52. The van der Waals surface area contributed by atoms with E-state index in [2.05, 4.69) is 44.9 Å². The summed E-state index contributed by atoms with van der Waals surface area (Å²) in [5.41, 5.74) is 35.8. The molecule has 36 heteroatoms. The Balaban J connectivity index is 0.935. The number of aliphatic hydroxyl groups excluding tert-OH is 5. The fourth-order valence-corrected chi connectivity index (χ4v) is 9.55. The normalized spacial score (nSPS) is 31.0. The lowest BCUT2D eigenvalue weighted by Gasteiger charge is -2.31. The summed E-state index contributed by atoms with van der Waals surface area (Å²) in [6.45, 7) is -2.92. The first kappa shape index (κ1) is 45.5. The first-order chi connectivity index (χ1) is 31.3. The van der Waals surface area contributed by atoms with Gasteiger partial charge in [0.15, 0.2) is 69.6 Å². The van der Waals surface area contributed by atoms with E-state index in [1.807, 2.05) is 0 Å². The van der Waals surface area contributed by atoms with Gasteiger partial charge in [0.1, 0.15) is 73.9 Å². The second-order valence-corrected chi connectivity index (χ2v) is 17.5. The number of nitrogen functional groups attached to an aromatic ring is 6. The second-order valence-electron chi connectivity index (χ2n) is 14.8. The zero-order valence-electron chi connectivity index (χ0n) is 33.2. The molecule has 0 spiro atoms. The third kappa shape index (κ3) is 7.85. The molecule has 0 aliphatic carbocycles. The van der Waals surface area contributed by atoms with E-state index in [0.29, 0.717) is 0 Å². The number of fused-ring (bicyclic) bond motifs is 3. The van der Waals surface area contributed by atoms with Crippen LogP contribution in [0.2, 0.25) is 0 Å². The molecule has 0 saturated carbocycles. The number of aliphatic hydroxyl groups is 5. The van der Waals surface area contributed by atoms with E-state index in [1.54, 1.807) is 0 Å². The Hall–Kier alpha value is -5.65. The lowest BCUT2D eigenvalue weighted by Crippen LogP contribution is -2.38. The minimum absolute atomic E-state index is 0.00262. The average molecular weight is 969 g/mol. The van der Waals surface area contributed by atoms with E-state index in [9.17, 15) is 44.4 Å². The third-order valence-electron chi connectivity index (χ3n) is 10.8. The first-order valence-electron chi connectivity index (χ1n) is 19.1. The molecule has 3 aliphatic heterocycles. The number of hydrogen-bond acceptors (Lipinski definition) is 31. The molecular weight excluding hydrogens is 930 g/mol. The van der Waals surface area contributed by atoms with Gasteiger partial charge in [-0.25, -0.2) is 44.9 Å². The molecule has 9 heterocycles. The van der Waals surface area contributed by atoms with Crippen LogP contribution in [0.5, 0.6) is 0 Å². The van der Waals surface area contributed by atoms with Gasteiger partial charge in [0, 0.05) is 0 Å². The van der Waals surface area contributed by atoms with Gasteiger partial charge in [-0.15, -0.1) is 0 Å². The molecule has 14 unspecified atom stereocenters. The maximum Gasteiger partial charge on any atom is 0.268 e. The summed E-state index contributed by atoms with van der Waals surface area (Å²) >= 11 is 0. The number of phosphoric acid groups is 2. The van der Waals surface area contributed by atoms with Crippen molar-refractivity contribution in [3.8, 4) is 0 Å². The quantitative estimate of drug-likeness (QED) is 0.0453. The zero-order valence-corrected chi connectivity index (χ0v) is 35.0. The molecule has 3 aliphatic rings. The molecule has 17 N–H and O–H groups in total. The van der Waals surface area contributed by atoms with Crippen molar-refractivity contribution < 1.29 is 76.8 Å². The van der Waals surface area contributed by atoms with Crippen molar-refractivity contribution in [1.82, 2.24) is 58.6 Å². The van der Waals surface area contributed by atoms with E-state index >= 15 is 0 Å². The molecule has 0 radical (unpaired) electrons. The summed E-state index contributed by atoms with van der Waals surface area (Å²) in [6, 6.07) is 0. The predicted octanol–water partition coefficient (Wildman–Crippen LogP) is -6.13. The van der Waals surface area contributed by atoms with Gasteiger partial charge in [0.2, 0.25) is 17.8 Å². The maximum absolute atomic E-state index is 13.5. The topological polar surface area (TPSA) is 533 Å². The van der Waals surface area contributed by atoms with Gasteiger partial charge in [-0.05, 0) is 0 Å². The second kappa shape index (κ2) is 16.9. The number of hydrogen-bond donors (Lipinski definition) is 11. The smallest absolute Gasteiger partial charge is 0.268 e. The molecule has 356 valence electrons. The molecular formula is C30H38N18O16P2-2. The van der Waals surface area contributed by atoms with Crippen molar-refractivity contribution in [2.75, 3.05) is 54.2 Å². The number of imidazole rings is 3. The number of ether oxygens (including phenoxy) is 3. The first-order valence-corrected chi connectivity index (χ1v) is 22.0. The summed E-state index contributed by atoms with van der Waals surface area (Å²) in [5.74, 6) is -1.29. The van der Waals surface area contributed by atoms with Crippen LogP contribution < -0.4 is 44.2 Å². The summed E-state index contributed by atoms with van der Waals surface area (Å²) in [4.78, 5) is 62.9. The summed E-state index contributed by atoms with van der Waals surface area (Å²) < 4.78 is 68.2. The minimum atomic E-state index is -5.66. The van der Waals surface area contributed by atoms with Crippen LogP contribution in [0.1, 0.15) is 18.7 Å². The van der Waals surface area contributed by atoms with Crippen LogP contribution in [0.3, 0.4) is 0 Å². The Morgan fingerprint density at radius 1 is 0.545 bits per heavy atom. The maximum atomic E-state index is 13.5. The standard InChI is InChI=1S/C30H40N18O16P2/c31-19-10-22(40-4-37-19)46(28(34)43-10)25-16(53)13(50)8(61-25)2-58-65(54,55)64-18-15(52)9(62-27(18)48-24-12(45-30(48)36)21(33)39-6-42-24)3-59-66(56,57)63-17-14(51)7(1-49)60-26(17)47-23-11(44-29(47)35)20(32)38-5-41-23/h4-9,13-18,25-27,49-53H,1-3H2,(H2,34,43)(H2,35,44)(H2,36,45)(H,54,55)(H,56,57)(H2,31,37,40)(H2,32,38,41)(H2,33,39,42)/p-2. The van der Waals surface area contributed by atoms with Crippen LogP contribution in [0.4, 0.5) is 35.3 Å². The van der Waals surface area contributed by atoms with Gasteiger partial charge in [0.05, 0.1) is 19.8 Å². The molecule has 9 rings (SSSR count).